The van der Waals surface area contributed by atoms with E-state index < -0.39 is 17.6 Å². The standard InChI is InChI=1S/C26H31ClN4O4S/c1-6-34-25(33)30-16-10-15(3)31-19(13-29-22(31)11-16)21-12-20(23(36-21)24(28)32)35-26(4,5)17-8-7-14(2)9-18(17)27/h8-9,11-15H,6-7,10H2,1-5H3,(H2,28,32)(H,30,33). The Hall–Kier alpha value is -3.04. The maximum Gasteiger partial charge on any atom is 0.411 e. The number of hydrogen-bond acceptors (Lipinski definition) is 6. The molecule has 2 amide bonds. The summed E-state index contributed by atoms with van der Waals surface area (Å²) in [5, 5.41) is 3.44. The Morgan fingerprint density at radius 1 is 1.36 bits per heavy atom. The van der Waals surface area contributed by atoms with E-state index in [1.54, 1.807) is 13.1 Å². The van der Waals surface area contributed by atoms with Crippen molar-refractivity contribution in [3.05, 3.63) is 51.4 Å². The summed E-state index contributed by atoms with van der Waals surface area (Å²) in [5.41, 5.74) is 7.43. The number of ether oxygens (including phenoxy) is 2. The van der Waals surface area contributed by atoms with Crippen molar-refractivity contribution in [2.45, 2.75) is 59.1 Å². The zero-order valence-corrected chi connectivity index (χ0v) is 22.6. The van der Waals surface area contributed by atoms with Crippen molar-refractivity contribution >= 4 is 41.0 Å². The van der Waals surface area contributed by atoms with Crippen LogP contribution in [0.4, 0.5) is 4.79 Å². The van der Waals surface area contributed by atoms with Gasteiger partial charge >= 0.3 is 6.09 Å². The number of primary amides is 1. The number of nitrogens with one attached hydrogen (secondary N) is 1. The highest BCUT2D eigenvalue weighted by Gasteiger charge is 2.32. The molecule has 2 unspecified atom stereocenters. The maximum atomic E-state index is 12.3. The van der Waals surface area contributed by atoms with E-state index in [-0.39, 0.29) is 6.04 Å². The number of thiophene rings is 1. The van der Waals surface area contributed by atoms with E-state index >= 15 is 0 Å². The second kappa shape index (κ2) is 10.1. The number of carbonyl (C=O) groups is 2. The van der Waals surface area contributed by atoms with Gasteiger partial charge in [-0.1, -0.05) is 30.7 Å². The van der Waals surface area contributed by atoms with Crippen LogP contribution in [0, 0.1) is 5.92 Å². The van der Waals surface area contributed by atoms with E-state index in [0.717, 1.165) is 28.3 Å². The fourth-order valence-electron chi connectivity index (χ4n) is 4.56. The number of nitrogens with two attached hydrogens (primary N) is 1. The van der Waals surface area contributed by atoms with Gasteiger partial charge in [-0.3, -0.25) is 10.1 Å². The summed E-state index contributed by atoms with van der Waals surface area (Å²) in [6, 6.07) is 1.85. The van der Waals surface area contributed by atoms with Crippen LogP contribution in [0.1, 0.15) is 69.0 Å². The average molecular weight is 531 g/mol. The summed E-state index contributed by atoms with van der Waals surface area (Å²) in [6.07, 6.45) is 8.68. The van der Waals surface area contributed by atoms with Gasteiger partial charge in [0, 0.05) is 40.9 Å². The number of amides is 2. The van der Waals surface area contributed by atoms with Gasteiger partial charge in [0.25, 0.3) is 5.91 Å². The molecule has 0 aromatic carbocycles. The Labute approximate surface area is 219 Å². The normalized spacial score (nSPS) is 19.6. The van der Waals surface area contributed by atoms with Gasteiger partial charge in [0.1, 0.15) is 22.1 Å². The van der Waals surface area contributed by atoms with Crippen molar-refractivity contribution < 1.29 is 19.1 Å². The van der Waals surface area contributed by atoms with Crippen molar-refractivity contribution in [3.8, 4) is 16.3 Å². The SMILES string of the molecule is CCOC(=O)NC1=Cc2ncc(-c3cc(OC(C)(C)C4=CCC(C)C=C4Cl)c(C(N)=O)s3)n2C(C)C1. The fraction of sp³-hybridized carbons (Fsp3) is 0.423. The molecule has 3 N–H and O–H groups in total. The second-order valence-corrected chi connectivity index (χ2v) is 11.0. The Balaban J connectivity index is 1.66. The van der Waals surface area contributed by atoms with E-state index in [9.17, 15) is 9.59 Å². The van der Waals surface area contributed by atoms with Gasteiger partial charge in [-0.25, -0.2) is 9.78 Å². The molecule has 0 spiro atoms. The van der Waals surface area contributed by atoms with Gasteiger partial charge in [0.05, 0.1) is 23.4 Å². The number of rotatable bonds is 7. The van der Waals surface area contributed by atoms with Gasteiger partial charge in [-0.15, -0.1) is 11.3 Å². The average Bonchev–Trinajstić information content (AvgIpc) is 3.37. The minimum absolute atomic E-state index is 0.0118. The number of hydrogen-bond donors (Lipinski definition) is 2. The molecule has 0 radical (unpaired) electrons. The molecule has 2 aliphatic rings. The molecular formula is C26H31ClN4O4S. The first-order valence-electron chi connectivity index (χ1n) is 11.9. The number of aromatic nitrogens is 2. The molecule has 0 bridgehead atoms. The highest BCUT2D eigenvalue weighted by atomic mass is 35.5. The quantitative estimate of drug-likeness (QED) is 0.455. The molecule has 3 heterocycles. The van der Waals surface area contributed by atoms with Crippen LogP contribution >= 0.6 is 22.9 Å². The molecule has 1 aliphatic carbocycles. The van der Waals surface area contributed by atoms with E-state index in [1.807, 2.05) is 39.0 Å². The molecule has 8 nitrogen and oxygen atoms in total. The Morgan fingerprint density at radius 3 is 2.78 bits per heavy atom. The lowest BCUT2D eigenvalue weighted by molar-refractivity contribution is 0.0991. The predicted octanol–water partition coefficient (Wildman–Crippen LogP) is 6.01. The molecular weight excluding hydrogens is 500 g/mol. The number of halogens is 1. The van der Waals surface area contributed by atoms with Crippen molar-refractivity contribution in [2.75, 3.05) is 6.61 Å². The molecule has 0 saturated heterocycles. The van der Waals surface area contributed by atoms with E-state index in [2.05, 4.69) is 27.9 Å². The van der Waals surface area contributed by atoms with Crippen molar-refractivity contribution in [2.24, 2.45) is 11.7 Å². The fourth-order valence-corrected chi connectivity index (χ4v) is 6.02. The molecule has 192 valence electrons. The lowest BCUT2D eigenvalue weighted by Gasteiger charge is -2.31. The number of allylic oxidation sites excluding steroid dienone is 3. The predicted molar refractivity (Wildman–Crippen MR) is 142 cm³/mol. The first kappa shape index (κ1) is 26.0. The Bertz CT molecular complexity index is 1290. The molecule has 0 saturated carbocycles. The number of alkyl carbamates (subject to hydrolysis) is 1. The lowest BCUT2D eigenvalue weighted by Crippen LogP contribution is -2.32. The van der Waals surface area contributed by atoms with Crippen LogP contribution in [0.2, 0.25) is 0 Å². The monoisotopic (exact) mass is 530 g/mol. The van der Waals surface area contributed by atoms with Crippen molar-refractivity contribution in [3.63, 3.8) is 0 Å². The van der Waals surface area contributed by atoms with Gasteiger partial charge in [0.2, 0.25) is 0 Å². The second-order valence-electron chi connectivity index (χ2n) is 9.57. The van der Waals surface area contributed by atoms with Gasteiger partial charge in [0.15, 0.2) is 0 Å². The third-order valence-corrected chi connectivity index (χ3v) is 7.68. The summed E-state index contributed by atoms with van der Waals surface area (Å²) in [4.78, 5) is 29.9. The zero-order valence-electron chi connectivity index (χ0n) is 21.1. The third kappa shape index (κ3) is 5.22. The molecule has 10 heteroatoms. The highest BCUT2D eigenvalue weighted by molar-refractivity contribution is 7.17. The number of imidazole rings is 1. The first-order chi connectivity index (χ1) is 17.0. The molecule has 1 aliphatic heterocycles. The number of nitrogens with zero attached hydrogens (tertiary/aromatic N) is 2. The van der Waals surface area contributed by atoms with Crippen LogP contribution in [0.25, 0.3) is 16.6 Å². The smallest absolute Gasteiger partial charge is 0.411 e. The molecule has 2 aromatic heterocycles. The third-order valence-electron chi connectivity index (χ3n) is 6.19. The minimum atomic E-state index is -0.767. The van der Waals surface area contributed by atoms with Crippen LogP contribution in [0.5, 0.6) is 5.75 Å². The first-order valence-corrected chi connectivity index (χ1v) is 13.1. The highest BCUT2D eigenvalue weighted by Crippen LogP contribution is 2.43. The summed E-state index contributed by atoms with van der Waals surface area (Å²) in [6.45, 7) is 10.1. The zero-order chi connectivity index (χ0) is 26.2. The van der Waals surface area contributed by atoms with Gasteiger partial charge < -0.3 is 19.8 Å². The summed E-state index contributed by atoms with van der Waals surface area (Å²) >= 11 is 7.81. The van der Waals surface area contributed by atoms with Crippen LogP contribution in [0.15, 0.2) is 40.7 Å². The molecule has 4 rings (SSSR count). The van der Waals surface area contributed by atoms with E-state index in [1.165, 1.54) is 11.3 Å². The molecule has 36 heavy (non-hydrogen) atoms. The van der Waals surface area contributed by atoms with Crippen LogP contribution < -0.4 is 15.8 Å². The van der Waals surface area contributed by atoms with Crippen LogP contribution in [0.3, 0.4) is 0 Å². The summed E-state index contributed by atoms with van der Waals surface area (Å²) < 4.78 is 13.4. The maximum absolute atomic E-state index is 12.3. The van der Waals surface area contributed by atoms with Crippen molar-refractivity contribution in [1.82, 2.24) is 14.9 Å². The molecule has 2 aromatic rings. The molecule has 2 atom stereocenters. The van der Waals surface area contributed by atoms with E-state index in [0.29, 0.717) is 40.4 Å². The van der Waals surface area contributed by atoms with Crippen LogP contribution in [-0.2, 0) is 4.74 Å². The largest absolute Gasteiger partial charge is 0.481 e. The topological polar surface area (TPSA) is 108 Å². The van der Waals surface area contributed by atoms with Gasteiger partial charge in [-0.2, -0.15) is 0 Å². The minimum Gasteiger partial charge on any atom is -0.481 e. The Morgan fingerprint density at radius 2 is 2.11 bits per heavy atom. The summed E-state index contributed by atoms with van der Waals surface area (Å²) in [7, 11) is 0. The van der Waals surface area contributed by atoms with Crippen LogP contribution in [-0.4, -0.2) is 33.8 Å². The van der Waals surface area contributed by atoms with E-state index in [4.69, 9.17) is 26.8 Å². The summed E-state index contributed by atoms with van der Waals surface area (Å²) in [5.74, 6) is 0.918. The van der Waals surface area contributed by atoms with Crippen molar-refractivity contribution in [1.29, 1.82) is 0 Å². The number of carbonyl (C=O) groups excluding carboxylic acids is 2. The molecule has 0 fully saturated rings. The van der Waals surface area contributed by atoms with Gasteiger partial charge in [-0.05, 0) is 40.0 Å². The lowest BCUT2D eigenvalue weighted by atomic mass is 9.89. The number of fused-ring (bicyclic) bond motifs is 1. The Kier molecular flexibility index (Phi) is 7.33.